The third kappa shape index (κ3) is 1.97. The van der Waals surface area contributed by atoms with Gasteiger partial charge in [0.25, 0.3) is 5.56 Å². The molecule has 1 spiro atoms. The van der Waals surface area contributed by atoms with Crippen molar-refractivity contribution < 1.29 is 14.3 Å². The Morgan fingerprint density at radius 3 is 2.96 bits per heavy atom. The normalized spacial score (nSPS) is 28.4. The van der Waals surface area contributed by atoms with Gasteiger partial charge in [0.05, 0.1) is 19.1 Å². The number of aromatic nitrogens is 2. The molecule has 2 atom stereocenters. The molecule has 0 aliphatic carbocycles. The van der Waals surface area contributed by atoms with E-state index in [0.29, 0.717) is 31.7 Å². The van der Waals surface area contributed by atoms with Crippen molar-refractivity contribution in [3.63, 3.8) is 0 Å². The molecule has 4 rings (SSSR count). The number of carbonyl (C=O) groups excluding carboxylic acids is 2. The largest absolute Gasteiger partial charge is 0.351 e. The van der Waals surface area contributed by atoms with Gasteiger partial charge in [-0.15, -0.1) is 0 Å². The first-order valence-electron chi connectivity index (χ1n) is 7.97. The summed E-state index contributed by atoms with van der Waals surface area (Å²) in [7, 11) is 0. The molecule has 0 saturated carbocycles. The first-order chi connectivity index (χ1) is 11.4. The van der Waals surface area contributed by atoms with Gasteiger partial charge in [-0.3, -0.25) is 23.9 Å². The Labute approximate surface area is 136 Å². The number of H-pyrrole nitrogens is 1. The number of hydrogen-bond donors (Lipinski definition) is 1. The average Bonchev–Trinajstić information content (AvgIpc) is 3.16. The maximum Gasteiger partial charge on any atom is 0.328 e. The summed E-state index contributed by atoms with van der Waals surface area (Å²) in [5.41, 5.74) is -1.39. The van der Waals surface area contributed by atoms with Crippen LogP contribution < -0.4 is 11.2 Å². The molecule has 3 saturated heterocycles. The fourth-order valence-corrected chi connectivity index (χ4v) is 4.06. The van der Waals surface area contributed by atoms with Crippen LogP contribution in [0.3, 0.4) is 0 Å². The Bertz CT molecular complexity index is 843. The van der Waals surface area contributed by atoms with Crippen LogP contribution in [0.2, 0.25) is 0 Å². The minimum atomic E-state index is -0.682. The minimum Gasteiger partial charge on any atom is -0.351 e. The molecule has 1 N–H and O–H groups in total. The summed E-state index contributed by atoms with van der Waals surface area (Å²) in [4.78, 5) is 53.7. The Morgan fingerprint density at radius 2 is 2.17 bits per heavy atom. The highest BCUT2D eigenvalue weighted by Gasteiger charge is 2.62. The highest BCUT2D eigenvalue weighted by Crippen LogP contribution is 2.45. The number of likely N-dealkylation sites (tertiary alicyclic amines) is 1. The number of amides is 2. The van der Waals surface area contributed by atoms with Crippen LogP contribution in [0.15, 0.2) is 15.8 Å². The van der Waals surface area contributed by atoms with Gasteiger partial charge in [-0.05, 0) is 6.92 Å². The second kappa shape index (κ2) is 5.04. The van der Waals surface area contributed by atoms with Crippen molar-refractivity contribution in [2.24, 2.45) is 0 Å². The van der Waals surface area contributed by atoms with E-state index in [2.05, 4.69) is 4.98 Å². The van der Waals surface area contributed by atoms with E-state index < -0.39 is 17.0 Å². The SMILES string of the molecule is Cc1cn(CC(=O)N2CC[C@@]34OCCN3C(=O)C[C@@H]24)c(=O)[nH]c1=O. The van der Waals surface area contributed by atoms with Crippen LogP contribution in [-0.2, 0) is 20.9 Å². The van der Waals surface area contributed by atoms with Crippen LogP contribution in [0, 0.1) is 6.92 Å². The van der Waals surface area contributed by atoms with Crippen molar-refractivity contribution in [1.29, 1.82) is 0 Å². The zero-order valence-electron chi connectivity index (χ0n) is 13.3. The maximum absolute atomic E-state index is 12.7. The van der Waals surface area contributed by atoms with Gasteiger partial charge in [-0.2, -0.15) is 0 Å². The first kappa shape index (κ1) is 15.1. The van der Waals surface area contributed by atoms with E-state index in [9.17, 15) is 19.2 Å². The highest BCUT2D eigenvalue weighted by molar-refractivity contribution is 5.84. The molecule has 4 heterocycles. The Morgan fingerprint density at radius 1 is 1.38 bits per heavy atom. The highest BCUT2D eigenvalue weighted by atomic mass is 16.5. The van der Waals surface area contributed by atoms with Crippen LogP contribution >= 0.6 is 0 Å². The fourth-order valence-electron chi connectivity index (χ4n) is 4.06. The van der Waals surface area contributed by atoms with Crippen molar-refractivity contribution in [2.75, 3.05) is 19.7 Å². The molecule has 0 bridgehead atoms. The molecule has 1 aromatic heterocycles. The summed E-state index contributed by atoms with van der Waals surface area (Å²) in [6.45, 7) is 2.95. The maximum atomic E-state index is 12.7. The van der Waals surface area contributed by atoms with Gasteiger partial charge < -0.3 is 14.5 Å². The third-order valence-electron chi connectivity index (χ3n) is 5.22. The number of aromatic amines is 1. The van der Waals surface area contributed by atoms with Crippen LogP contribution in [0.25, 0.3) is 0 Å². The van der Waals surface area contributed by atoms with Crippen LogP contribution in [0.5, 0.6) is 0 Å². The van der Waals surface area contributed by atoms with Crippen molar-refractivity contribution in [3.8, 4) is 0 Å². The molecule has 1 aromatic rings. The second-order valence-electron chi connectivity index (χ2n) is 6.49. The van der Waals surface area contributed by atoms with Crippen LogP contribution in [-0.4, -0.2) is 62.6 Å². The predicted octanol–water partition coefficient (Wildman–Crippen LogP) is -1.60. The van der Waals surface area contributed by atoms with E-state index in [1.54, 1.807) is 16.7 Å². The molecule has 2 amide bonds. The quantitative estimate of drug-likeness (QED) is 0.702. The van der Waals surface area contributed by atoms with Gasteiger partial charge in [0.1, 0.15) is 6.54 Å². The minimum absolute atomic E-state index is 0.00653. The average molecular weight is 334 g/mol. The van der Waals surface area contributed by atoms with Gasteiger partial charge in [-0.25, -0.2) is 4.79 Å². The number of rotatable bonds is 2. The lowest BCUT2D eigenvalue weighted by Crippen LogP contribution is -2.49. The number of nitrogens with one attached hydrogen (secondary N) is 1. The molecule has 128 valence electrons. The van der Waals surface area contributed by atoms with Crippen molar-refractivity contribution in [2.45, 2.75) is 38.1 Å². The van der Waals surface area contributed by atoms with Gasteiger partial charge >= 0.3 is 5.69 Å². The number of carbonyl (C=O) groups is 2. The Balaban J connectivity index is 1.58. The molecule has 3 aliphatic heterocycles. The summed E-state index contributed by atoms with van der Waals surface area (Å²) in [5.74, 6) is -0.248. The Kier molecular flexibility index (Phi) is 3.17. The summed E-state index contributed by atoms with van der Waals surface area (Å²) in [5, 5.41) is 0. The number of nitrogens with zero attached hydrogens (tertiary/aromatic N) is 3. The number of hydrogen-bond acceptors (Lipinski definition) is 5. The topological polar surface area (TPSA) is 105 Å². The monoisotopic (exact) mass is 334 g/mol. The molecule has 9 heteroatoms. The van der Waals surface area contributed by atoms with Gasteiger partial charge in [-0.1, -0.05) is 0 Å². The molecule has 24 heavy (non-hydrogen) atoms. The predicted molar refractivity (Wildman–Crippen MR) is 81.2 cm³/mol. The number of ether oxygens (including phenoxy) is 1. The lowest BCUT2D eigenvalue weighted by atomic mass is 10.1. The standard InChI is InChI=1S/C15H18N4O5/c1-9-7-17(14(23)16-13(9)22)8-12(21)18-3-2-15-10(18)6-11(20)19(15)4-5-24-15/h7,10H,2-6,8H2,1H3,(H,16,22,23)/t10-,15+/m1/s1. The molecule has 0 aromatic carbocycles. The summed E-state index contributed by atoms with van der Waals surface area (Å²) in [6, 6.07) is -0.306. The van der Waals surface area contributed by atoms with Crippen LogP contribution in [0.1, 0.15) is 18.4 Å². The molecule has 3 fully saturated rings. The van der Waals surface area contributed by atoms with Gasteiger partial charge in [0.2, 0.25) is 11.8 Å². The van der Waals surface area contributed by atoms with Crippen molar-refractivity contribution in [3.05, 3.63) is 32.6 Å². The molecule has 0 unspecified atom stereocenters. The molecule has 3 aliphatic rings. The summed E-state index contributed by atoms with van der Waals surface area (Å²) in [6.07, 6.45) is 2.23. The lowest BCUT2D eigenvalue weighted by molar-refractivity contribution is -0.140. The van der Waals surface area contributed by atoms with Gasteiger partial charge in [0.15, 0.2) is 5.72 Å². The second-order valence-corrected chi connectivity index (χ2v) is 6.49. The first-order valence-corrected chi connectivity index (χ1v) is 7.97. The third-order valence-corrected chi connectivity index (χ3v) is 5.22. The molecular weight excluding hydrogens is 316 g/mol. The van der Waals surface area contributed by atoms with E-state index in [4.69, 9.17) is 4.74 Å². The van der Waals surface area contributed by atoms with E-state index in [1.165, 1.54) is 10.8 Å². The van der Waals surface area contributed by atoms with Crippen LogP contribution in [0.4, 0.5) is 0 Å². The Hall–Kier alpha value is -2.42. The van der Waals surface area contributed by atoms with Crippen molar-refractivity contribution in [1.82, 2.24) is 19.4 Å². The van der Waals surface area contributed by atoms with E-state index in [0.717, 1.165) is 0 Å². The molecule has 9 nitrogen and oxygen atoms in total. The lowest BCUT2D eigenvalue weighted by Gasteiger charge is -2.31. The molecular formula is C15H18N4O5. The van der Waals surface area contributed by atoms with E-state index in [1.807, 2.05) is 0 Å². The zero-order valence-corrected chi connectivity index (χ0v) is 13.3. The summed E-state index contributed by atoms with van der Waals surface area (Å²) < 4.78 is 7.03. The van der Waals surface area contributed by atoms with Gasteiger partial charge in [0, 0.05) is 31.3 Å². The molecule has 0 radical (unpaired) electrons. The smallest absolute Gasteiger partial charge is 0.328 e. The zero-order chi connectivity index (χ0) is 17.1. The van der Waals surface area contributed by atoms with E-state index >= 15 is 0 Å². The number of aryl methyl sites for hydroxylation is 1. The fraction of sp³-hybridized carbons (Fsp3) is 0.600. The summed E-state index contributed by atoms with van der Waals surface area (Å²) >= 11 is 0. The van der Waals surface area contributed by atoms with E-state index in [-0.39, 0.29) is 30.8 Å². The van der Waals surface area contributed by atoms with Crippen molar-refractivity contribution >= 4 is 11.8 Å².